The Balaban J connectivity index is 1.84. The minimum Gasteiger partial charge on any atom is -0.497 e. The molecule has 0 saturated heterocycles. The first-order valence-corrected chi connectivity index (χ1v) is 13.3. The van der Waals surface area contributed by atoms with Gasteiger partial charge in [-0.2, -0.15) is 0 Å². The molecule has 0 bridgehead atoms. The first-order valence-electron chi connectivity index (χ1n) is 11.4. The van der Waals surface area contributed by atoms with Crippen molar-refractivity contribution in [3.05, 3.63) is 60.2 Å². The molecular weight excluding hydrogens is 454 g/mol. The Hall–Kier alpha value is -3.07. The van der Waals surface area contributed by atoms with Gasteiger partial charge in [-0.1, -0.05) is 43.2 Å². The van der Waals surface area contributed by atoms with E-state index in [4.69, 9.17) is 4.74 Å². The maximum atomic E-state index is 13.5. The molecule has 1 atom stereocenters. The van der Waals surface area contributed by atoms with E-state index in [9.17, 15) is 18.0 Å². The van der Waals surface area contributed by atoms with Gasteiger partial charge in [0, 0.05) is 12.6 Å². The second-order valence-corrected chi connectivity index (χ2v) is 10.5. The van der Waals surface area contributed by atoms with Crippen LogP contribution in [0.25, 0.3) is 0 Å². The average molecular weight is 488 g/mol. The molecule has 0 spiro atoms. The summed E-state index contributed by atoms with van der Waals surface area (Å²) < 4.78 is 31.4. The van der Waals surface area contributed by atoms with E-state index in [1.807, 2.05) is 30.3 Å². The summed E-state index contributed by atoms with van der Waals surface area (Å²) in [6.45, 7) is 1.46. The molecule has 1 unspecified atom stereocenters. The number of nitrogens with zero attached hydrogens (tertiary/aromatic N) is 2. The van der Waals surface area contributed by atoms with Crippen LogP contribution in [-0.2, 0) is 26.2 Å². The number of carbonyl (C=O) groups is 2. The van der Waals surface area contributed by atoms with E-state index in [2.05, 4.69) is 5.32 Å². The molecule has 2 aromatic carbocycles. The Bertz CT molecular complexity index is 1070. The summed E-state index contributed by atoms with van der Waals surface area (Å²) in [7, 11) is -2.24. The molecule has 3 rings (SSSR count). The van der Waals surface area contributed by atoms with Crippen LogP contribution in [0.5, 0.6) is 5.75 Å². The van der Waals surface area contributed by atoms with Crippen molar-refractivity contribution in [1.29, 1.82) is 0 Å². The number of hydrogen-bond acceptors (Lipinski definition) is 5. The summed E-state index contributed by atoms with van der Waals surface area (Å²) in [4.78, 5) is 28.0. The Morgan fingerprint density at radius 3 is 2.24 bits per heavy atom. The van der Waals surface area contributed by atoms with Crippen LogP contribution >= 0.6 is 0 Å². The average Bonchev–Trinajstić information content (AvgIpc) is 3.33. The molecule has 2 amide bonds. The molecule has 0 aromatic heterocycles. The van der Waals surface area contributed by atoms with Gasteiger partial charge in [-0.3, -0.25) is 13.9 Å². The minimum absolute atomic E-state index is 0.121. The van der Waals surface area contributed by atoms with Gasteiger partial charge in [-0.25, -0.2) is 8.42 Å². The molecule has 184 valence electrons. The summed E-state index contributed by atoms with van der Waals surface area (Å²) in [6, 6.07) is 15.2. The highest BCUT2D eigenvalue weighted by atomic mass is 32.2. The van der Waals surface area contributed by atoms with Crippen LogP contribution in [0.3, 0.4) is 0 Å². The molecule has 1 saturated carbocycles. The van der Waals surface area contributed by atoms with Gasteiger partial charge in [-0.15, -0.1) is 0 Å². The predicted octanol–water partition coefficient (Wildman–Crippen LogP) is 2.94. The molecule has 0 radical (unpaired) electrons. The van der Waals surface area contributed by atoms with Gasteiger partial charge in [0.2, 0.25) is 21.8 Å². The zero-order valence-electron chi connectivity index (χ0n) is 19.9. The zero-order valence-corrected chi connectivity index (χ0v) is 20.8. The second kappa shape index (κ2) is 11.4. The minimum atomic E-state index is -3.76. The molecule has 2 aromatic rings. The normalized spacial score (nSPS) is 14.9. The molecule has 1 N–H and O–H groups in total. The fraction of sp³-hybridized carbons (Fsp3) is 0.440. The number of sulfonamides is 1. The number of anilines is 1. The molecule has 0 aliphatic heterocycles. The van der Waals surface area contributed by atoms with Crippen LogP contribution in [0.15, 0.2) is 54.6 Å². The van der Waals surface area contributed by atoms with E-state index in [1.54, 1.807) is 31.2 Å². The van der Waals surface area contributed by atoms with Gasteiger partial charge in [-0.05, 0) is 49.6 Å². The van der Waals surface area contributed by atoms with Crippen LogP contribution in [0.2, 0.25) is 0 Å². The number of hydrogen-bond donors (Lipinski definition) is 1. The second-order valence-electron chi connectivity index (χ2n) is 8.64. The first-order chi connectivity index (χ1) is 16.2. The summed E-state index contributed by atoms with van der Waals surface area (Å²) in [5.74, 6) is -0.114. The Labute approximate surface area is 201 Å². The van der Waals surface area contributed by atoms with Crippen LogP contribution in [0.4, 0.5) is 5.69 Å². The summed E-state index contributed by atoms with van der Waals surface area (Å²) in [6.07, 6.45) is 5.09. The molecule has 9 heteroatoms. The van der Waals surface area contributed by atoms with Crippen LogP contribution < -0.4 is 14.4 Å². The van der Waals surface area contributed by atoms with E-state index < -0.39 is 28.5 Å². The number of carbonyl (C=O) groups excluding carboxylic acids is 2. The van der Waals surface area contributed by atoms with Gasteiger partial charge in [0.1, 0.15) is 18.3 Å². The van der Waals surface area contributed by atoms with Crippen molar-refractivity contribution in [1.82, 2.24) is 10.2 Å². The van der Waals surface area contributed by atoms with Crippen molar-refractivity contribution >= 4 is 27.5 Å². The fourth-order valence-electron chi connectivity index (χ4n) is 4.12. The molecule has 8 nitrogen and oxygen atoms in total. The third kappa shape index (κ3) is 6.72. The Morgan fingerprint density at radius 2 is 1.68 bits per heavy atom. The lowest BCUT2D eigenvalue weighted by Gasteiger charge is -2.32. The fourth-order valence-corrected chi connectivity index (χ4v) is 4.97. The van der Waals surface area contributed by atoms with Crippen LogP contribution in [-0.4, -0.2) is 57.1 Å². The van der Waals surface area contributed by atoms with Gasteiger partial charge in [0.05, 0.1) is 19.1 Å². The number of rotatable bonds is 10. The van der Waals surface area contributed by atoms with Crippen molar-refractivity contribution in [2.24, 2.45) is 0 Å². The van der Waals surface area contributed by atoms with E-state index in [0.29, 0.717) is 11.4 Å². The molecule has 1 aliphatic rings. The number of nitrogens with one attached hydrogen (secondary N) is 1. The number of amides is 2. The lowest BCUT2D eigenvalue weighted by molar-refractivity contribution is -0.139. The Morgan fingerprint density at radius 1 is 1.06 bits per heavy atom. The third-order valence-corrected chi connectivity index (χ3v) is 7.24. The first kappa shape index (κ1) is 25.6. The Kier molecular flexibility index (Phi) is 8.55. The third-order valence-electron chi connectivity index (χ3n) is 6.10. The van der Waals surface area contributed by atoms with E-state index >= 15 is 0 Å². The monoisotopic (exact) mass is 487 g/mol. The number of benzene rings is 2. The van der Waals surface area contributed by atoms with Gasteiger partial charge in [0.15, 0.2) is 0 Å². The quantitative estimate of drug-likeness (QED) is 0.556. The maximum Gasteiger partial charge on any atom is 0.244 e. The lowest BCUT2D eigenvalue weighted by atomic mass is 10.1. The highest BCUT2D eigenvalue weighted by molar-refractivity contribution is 7.92. The van der Waals surface area contributed by atoms with Crippen molar-refractivity contribution in [2.75, 3.05) is 24.2 Å². The summed E-state index contributed by atoms with van der Waals surface area (Å²) in [5, 5.41) is 3.05. The molecule has 0 heterocycles. The van der Waals surface area contributed by atoms with Crippen molar-refractivity contribution in [2.45, 2.75) is 51.2 Å². The number of methoxy groups -OCH3 is 1. The topological polar surface area (TPSA) is 96.0 Å². The summed E-state index contributed by atoms with van der Waals surface area (Å²) >= 11 is 0. The SMILES string of the molecule is COc1ccc(N(CC(=O)N(Cc2ccccc2)C(C)C(=O)NC2CCCC2)S(C)(=O)=O)cc1. The zero-order chi connectivity index (χ0) is 24.7. The van der Waals surface area contributed by atoms with Crippen molar-refractivity contribution < 1.29 is 22.7 Å². The maximum absolute atomic E-state index is 13.5. The summed E-state index contributed by atoms with van der Waals surface area (Å²) in [5.41, 5.74) is 1.20. The highest BCUT2D eigenvalue weighted by Crippen LogP contribution is 2.23. The number of ether oxygens (including phenoxy) is 1. The molecule has 1 fully saturated rings. The smallest absolute Gasteiger partial charge is 0.244 e. The van der Waals surface area contributed by atoms with E-state index in [1.165, 1.54) is 12.0 Å². The standard InChI is InChI=1S/C25H33N3O5S/c1-19(25(30)26-21-11-7-8-12-21)27(17-20-9-5-4-6-10-20)24(29)18-28(34(3,31)32)22-13-15-23(33-2)16-14-22/h4-6,9-10,13-16,19,21H,7-8,11-12,17-18H2,1-3H3,(H,26,30). The molecule has 34 heavy (non-hydrogen) atoms. The van der Waals surface area contributed by atoms with Crippen molar-refractivity contribution in [3.8, 4) is 5.75 Å². The van der Waals surface area contributed by atoms with Crippen LogP contribution in [0.1, 0.15) is 38.2 Å². The van der Waals surface area contributed by atoms with E-state index in [0.717, 1.165) is 41.8 Å². The van der Waals surface area contributed by atoms with Gasteiger partial charge >= 0.3 is 0 Å². The van der Waals surface area contributed by atoms with Gasteiger partial charge < -0.3 is 15.0 Å². The van der Waals surface area contributed by atoms with E-state index in [-0.39, 0.29) is 18.5 Å². The van der Waals surface area contributed by atoms with Crippen LogP contribution in [0, 0.1) is 0 Å². The largest absolute Gasteiger partial charge is 0.497 e. The predicted molar refractivity (Wildman–Crippen MR) is 132 cm³/mol. The molecule has 1 aliphatic carbocycles. The van der Waals surface area contributed by atoms with Crippen molar-refractivity contribution in [3.63, 3.8) is 0 Å². The highest BCUT2D eigenvalue weighted by Gasteiger charge is 2.31. The molecular formula is C25H33N3O5S. The van der Waals surface area contributed by atoms with Gasteiger partial charge in [0.25, 0.3) is 0 Å². The lowest BCUT2D eigenvalue weighted by Crippen LogP contribution is -2.52.